The van der Waals surface area contributed by atoms with Gasteiger partial charge in [-0.25, -0.2) is 9.78 Å². The Morgan fingerprint density at radius 1 is 1.59 bits per heavy atom. The van der Waals surface area contributed by atoms with E-state index in [1.165, 1.54) is 0 Å². The first-order valence-electron chi connectivity index (χ1n) is 5.05. The van der Waals surface area contributed by atoms with Gasteiger partial charge in [-0.2, -0.15) is 0 Å². The molecule has 2 aromatic heterocycles. The molecular weight excluding hydrogens is 242 g/mol. The summed E-state index contributed by atoms with van der Waals surface area (Å²) in [5.74, 6) is 0.595. The molecule has 0 saturated heterocycles. The van der Waals surface area contributed by atoms with Gasteiger partial charge < -0.3 is 14.8 Å². The van der Waals surface area contributed by atoms with Gasteiger partial charge in [-0.3, -0.25) is 0 Å². The number of imidazole rings is 1. The molecule has 5 nitrogen and oxygen atoms in total. The smallest absolute Gasteiger partial charge is 0.405 e. The third-order valence-corrected chi connectivity index (χ3v) is 2.82. The van der Waals surface area contributed by atoms with Gasteiger partial charge in [-0.1, -0.05) is 11.6 Å². The highest BCUT2D eigenvalue weighted by molar-refractivity contribution is 6.33. The predicted molar refractivity (Wildman–Crippen MR) is 64.4 cm³/mol. The van der Waals surface area contributed by atoms with Crippen LogP contribution >= 0.6 is 11.6 Å². The van der Waals surface area contributed by atoms with Crippen LogP contribution in [0.1, 0.15) is 19.7 Å². The SMILES string of the molecule is CC(C)(NC(=O)O)c1ncc2c(Cl)cccn12. The number of amides is 1. The van der Waals surface area contributed by atoms with E-state index in [1.807, 2.05) is 0 Å². The molecule has 0 spiro atoms. The minimum Gasteiger partial charge on any atom is -0.465 e. The largest absolute Gasteiger partial charge is 0.465 e. The molecule has 0 atom stereocenters. The molecule has 0 aliphatic rings. The summed E-state index contributed by atoms with van der Waals surface area (Å²) in [6, 6.07) is 3.55. The maximum absolute atomic E-state index is 10.7. The molecule has 0 fully saturated rings. The molecule has 2 heterocycles. The van der Waals surface area contributed by atoms with Gasteiger partial charge in [-0.15, -0.1) is 0 Å². The van der Waals surface area contributed by atoms with E-state index in [4.69, 9.17) is 16.7 Å². The Morgan fingerprint density at radius 2 is 2.29 bits per heavy atom. The van der Waals surface area contributed by atoms with Crippen LogP contribution in [0.3, 0.4) is 0 Å². The van der Waals surface area contributed by atoms with Gasteiger partial charge >= 0.3 is 6.09 Å². The van der Waals surface area contributed by atoms with Gasteiger partial charge in [0.05, 0.1) is 22.3 Å². The number of rotatable bonds is 2. The van der Waals surface area contributed by atoms with E-state index in [0.29, 0.717) is 10.8 Å². The molecule has 0 aromatic carbocycles. The van der Waals surface area contributed by atoms with Crippen LogP contribution < -0.4 is 5.32 Å². The zero-order chi connectivity index (χ0) is 12.6. The van der Waals surface area contributed by atoms with Gasteiger partial charge in [-0.05, 0) is 26.0 Å². The van der Waals surface area contributed by atoms with Crippen LogP contribution in [0.25, 0.3) is 5.52 Å². The van der Waals surface area contributed by atoms with Crippen molar-refractivity contribution in [3.8, 4) is 0 Å². The monoisotopic (exact) mass is 253 g/mol. The van der Waals surface area contributed by atoms with Gasteiger partial charge in [0.1, 0.15) is 5.82 Å². The maximum atomic E-state index is 10.7. The molecule has 6 heteroatoms. The topological polar surface area (TPSA) is 66.6 Å². The fourth-order valence-corrected chi connectivity index (χ4v) is 1.99. The molecule has 2 rings (SSSR count). The van der Waals surface area contributed by atoms with E-state index in [0.717, 1.165) is 5.52 Å². The first kappa shape index (κ1) is 11.7. The highest BCUT2D eigenvalue weighted by Crippen LogP contribution is 2.24. The molecular formula is C11H12ClN3O2. The zero-order valence-electron chi connectivity index (χ0n) is 9.44. The fraction of sp³-hybridized carbons (Fsp3) is 0.273. The number of aromatic nitrogens is 2. The molecule has 17 heavy (non-hydrogen) atoms. The van der Waals surface area contributed by atoms with E-state index in [9.17, 15) is 4.79 Å². The Labute approximate surface area is 103 Å². The van der Waals surface area contributed by atoms with Crippen molar-refractivity contribution < 1.29 is 9.90 Å². The second-order valence-electron chi connectivity index (χ2n) is 4.25. The zero-order valence-corrected chi connectivity index (χ0v) is 10.2. The number of hydrogen-bond acceptors (Lipinski definition) is 2. The van der Waals surface area contributed by atoms with Crippen molar-refractivity contribution in [3.63, 3.8) is 0 Å². The number of halogens is 1. The number of pyridine rings is 1. The summed E-state index contributed by atoms with van der Waals surface area (Å²) in [5.41, 5.74) is -0.0347. The van der Waals surface area contributed by atoms with Crippen LogP contribution in [0.2, 0.25) is 5.02 Å². The molecule has 90 valence electrons. The van der Waals surface area contributed by atoms with Crippen LogP contribution in [0.5, 0.6) is 0 Å². The van der Waals surface area contributed by atoms with Crippen LogP contribution in [-0.2, 0) is 5.54 Å². The Hall–Kier alpha value is -1.75. The number of nitrogens with one attached hydrogen (secondary N) is 1. The van der Waals surface area contributed by atoms with Crippen molar-refractivity contribution in [2.75, 3.05) is 0 Å². The van der Waals surface area contributed by atoms with Crippen LogP contribution in [0.4, 0.5) is 4.79 Å². The molecule has 2 aromatic rings. The lowest BCUT2D eigenvalue weighted by Gasteiger charge is -2.23. The number of fused-ring (bicyclic) bond motifs is 1. The summed E-state index contributed by atoms with van der Waals surface area (Å²) >= 11 is 6.03. The average molecular weight is 254 g/mol. The van der Waals surface area contributed by atoms with Gasteiger partial charge in [0, 0.05) is 6.20 Å². The first-order valence-corrected chi connectivity index (χ1v) is 5.43. The van der Waals surface area contributed by atoms with Gasteiger partial charge in [0.25, 0.3) is 0 Å². The number of hydrogen-bond donors (Lipinski definition) is 2. The van der Waals surface area contributed by atoms with Crippen LogP contribution in [-0.4, -0.2) is 20.6 Å². The Bertz CT molecular complexity index is 577. The summed E-state index contributed by atoms with van der Waals surface area (Å²) in [6.07, 6.45) is 2.34. The standard InChI is InChI=1S/C11H12ClN3O2/c1-11(2,14-10(16)17)9-13-6-8-7(12)4-3-5-15(8)9/h3-6,14H,1-2H3,(H,16,17). The molecule has 2 N–H and O–H groups in total. The second-order valence-corrected chi connectivity index (χ2v) is 4.66. The Kier molecular flexibility index (Phi) is 2.71. The predicted octanol–water partition coefficient (Wildman–Crippen LogP) is 2.49. The van der Waals surface area contributed by atoms with Gasteiger partial charge in [0.2, 0.25) is 0 Å². The highest BCUT2D eigenvalue weighted by Gasteiger charge is 2.27. The number of carbonyl (C=O) groups is 1. The normalized spacial score (nSPS) is 11.7. The Balaban J connectivity index is 2.56. The Morgan fingerprint density at radius 3 is 2.94 bits per heavy atom. The summed E-state index contributed by atoms with van der Waals surface area (Å²) in [5, 5.41) is 11.8. The molecule has 0 bridgehead atoms. The number of carboxylic acid groups (broad SMARTS) is 1. The maximum Gasteiger partial charge on any atom is 0.405 e. The lowest BCUT2D eigenvalue weighted by Crippen LogP contribution is -2.41. The molecule has 1 amide bonds. The van der Waals surface area contributed by atoms with Crippen molar-refractivity contribution in [3.05, 3.63) is 35.4 Å². The second kappa shape index (κ2) is 3.92. The highest BCUT2D eigenvalue weighted by atomic mass is 35.5. The van der Waals surface area contributed by atoms with Crippen molar-refractivity contribution in [2.24, 2.45) is 0 Å². The van der Waals surface area contributed by atoms with E-state index >= 15 is 0 Å². The summed E-state index contributed by atoms with van der Waals surface area (Å²) < 4.78 is 1.78. The molecule has 0 aliphatic carbocycles. The van der Waals surface area contributed by atoms with Crippen LogP contribution in [0.15, 0.2) is 24.5 Å². The van der Waals surface area contributed by atoms with E-state index < -0.39 is 11.6 Å². The van der Waals surface area contributed by atoms with Crippen molar-refractivity contribution in [1.29, 1.82) is 0 Å². The van der Waals surface area contributed by atoms with Gasteiger partial charge in [0.15, 0.2) is 0 Å². The first-order chi connectivity index (χ1) is 7.92. The minimum atomic E-state index is -1.09. The molecule has 0 aliphatic heterocycles. The van der Waals surface area contributed by atoms with E-state index in [1.54, 1.807) is 42.8 Å². The van der Waals surface area contributed by atoms with Crippen LogP contribution in [0, 0.1) is 0 Å². The van der Waals surface area contributed by atoms with Crippen molar-refractivity contribution in [1.82, 2.24) is 14.7 Å². The quantitative estimate of drug-likeness (QED) is 0.864. The van der Waals surface area contributed by atoms with E-state index in [-0.39, 0.29) is 0 Å². The van der Waals surface area contributed by atoms with Crippen molar-refractivity contribution in [2.45, 2.75) is 19.4 Å². The van der Waals surface area contributed by atoms with Crippen molar-refractivity contribution >= 4 is 23.2 Å². The molecule has 0 unspecified atom stereocenters. The third-order valence-electron chi connectivity index (χ3n) is 2.50. The summed E-state index contributed by atoms with van der Waals surface area (Å²) in [4.78, 5) is 15.0. The number of nitrogens with zero attached hydrogens (tertiary/aromatic N) is 2. The van der Waals surface area contributed by atoms with E-state index in [2.05, 4.69) is 10.3 Å². The summed E-state index contributed by atoms with van der Waals surface area (Å²) in [6.45, 7) is 3.49. The lowest BCUT2D eigenvalue weighted by atomic mass is 10.1. The average Bonchev–Trinajstić information content (AvgIpc) is 2.61. The summed E-state index contributed by atoms with van der Waals surface area (Å²) in [7, 11) is 0. The fourth-order valence-electron chi connectivity index (χ4n) is 1.77. The molecule has 0 saturated carbocycles. The third kappa shape index (κ3) is 2.06. The molecule has 0 radical (unpaired) electrons. The lowest BCUT2D eigenvalue weighted by molar-refractivity contribution is 0.181. The minimum absolute atomic E-state index is 0.581.